The lowest BCUT2D eigenvalue weighted by atomic mass is 10.0. The number of pyridine rings is 1. The molecule has 1 N–H and O–H groups in total. The normalized spacial score (nSPS) is 11.6. The number of hydrogen-bond donors (Lipinski definition) is 1. The molecule has 0 spiro atoms. The van der Waals surface area contributed by atoms with Gasteiger partial charge in [0.15, 0.2) is 0 Å². The van der Waals surface area contributed by atoms with Crippen LogP contribution in [0, 0.1) is 5.95 Å². The van der Waals surface area contributed by atoms with E-state index in [1.807, 2.05) is 24.3 Å². The average Bonchev–Trinajstić information content (AvgIpc) is 2.97. The van der Waals surface area contributed by atoms with Gasteiger partial charge in [-0.15, -0.1) is 0 Å². The number of fused-ring (bicyclic) bond motifs is 1. The van der Waals surface area contributed by atoms with E-state index in [-0.39, 0.29) is 0 Å². The third-order valence-corrected chi connectivity index (χ3v) is 3.63. The van der Waals surface area contributed by atoms with Crippen LogP contribution >= 0.6 is 0 Å². The number of allylic oxidation sites excluding steroid dienone is 4. The highest BCUT2D eigenvalue weighted by Crippen LogP contribution is 2.27. The lowest BCUT2D eigenvalue weighted by Crippen LogP contribution is -1.88. The van der Waals surface area contributed by atoms with Crippen LogP contribution in [0.25, 0.3) is 22.2 Å². The summed E-state index contributed by atoms with van der Waals surface area (Å²) in [5, 5.41) is 8.25. The van der Waals surface area contributed by atoms with Crippen molar-refractivity contribution in [2.24, 2.45) is 0 Å². The third-order valence-electron chi connectivity index (χ3n) is 3.63. The zero-order valence-electron chi connectivity index (χ0n) is 12.6. The van der Waals surface area contributed by atoms with Crippen LogP contribution in [-0.2, 0) is 6.42 Å². The molecule has 3 nitrogen and oxygen atoms in total. The first-order chi connectivity index (χ1) is 11.2. The molecule has 2 heterocycles. The smallest absolute Gasteiger partial charge is 0.213 e. The van der Waals surface area contributed by atoms with Gasteiger partial charge in [-0.1, -0.05) is 37.5 Å². The van der Waals surface area contributed by atoms with Crippen LogP contribution in [0.1, 0.15) is 5.56 Å². The summed E-state index contributed by atoms with van der Waals surface area (Å²) in [5.41, 5.74) is 4.54. The molecule has 0 amide bonds. The molecule has 114 valence electrons. The largest absolute Gasteiger partial charge is 0.277 e. The summed E-state index contributed by atoms with van der Waals surface area (Å²) in [5.74, 6) is -0.516. The van der Waals surface area contributed by atoms with Crippen LogP contribution in [0.3, 0.4) is 0 Å². The molecule has 0 radical (unpaired) electrons. The minimum absolute atomic E-state index is 0.516. The topological polar surface area (TPSA) is 41.6 Å². The van der Waals surface area contributed by atoms with Crippen LogP contribution in [0.15, 0.2) is 73.5 Å². The van der Waals surface area contributed by atoms with Gasteiger partial charge in [0.2, 0.25) is 5.95 Å². The zero-order chi connectivity index (χ0) is 16.2. The van der Waals surface area contributed by atoms with Gasteiger partial charge < -0.3 is 0 Å². The van der Waals surface area contributed by atoms with Crippen molar-refractivity contribution in [3.8, 4) is 11.3 Å². The molecule has 0 saturated carbocycles. The maximum atomic E-state index is 13.4. The fourth-order valence-electron chi connectivity index (χ4n) is 2.53. The first-order valence-electron chi connectivity index (χ1n) is 7.24. The Balaban J connectivity index is 2.05. The maximum Gasteiger partial charge on any atom is 0.213 e. The van der Waals surface area contributed by atoms with E-state index in [0.29, 0.717) is 5.56 Å². The van der Waals surface area contributed by atoms with E-state index in [0.717, 1.165) is 34.2 Å². The van der Waals surface area contributed by atoms with E-state index in [4.69, 9.17) is 0 Å². The number of aromatic nitrogens is 3. The van der Waals surface area contributed by atoms with Gasteiger partial charge in [-0.05, 0) is 35.8 Å². The van der Waals surface area contributed by atoms with Gasteiger partial charge in [-0.3, -0.25) is 5.10 Å². The Morgan fingerprint density at radius 1 is 1.22 bits per heavy atom. The fraction of sp³-hybridized carbons (Fsp3) is 0.0526. The number of benzene rings is 1. The summed E-state index contributed by atoms with van der Waals surface area (Å²) in [4.78, 5) is 3.59. The summed E-state index contributed by atoms with van der Waals surface area (Å²) >= 11 is 0. The van der Waals surface area contributed by atoms with E-state index in [1.165, 1.54) is 12.3 Å². The third kappa shape index (κ3) is 3.11. The molecule has 0 unspecified atom stereocenters. The average molecular weight is 305 g/mol. The Hall–Kier alpha value is -3.01. The van der Waals surface area contributed by atoms with Crippen molar-refractivity contribution in [3.05, 3.63) is 85.0 Å². The van der Waals surface area contributed by atoms with Gasteiger partial charge in [0.1, 0.15) is 5.69 Å². The summed E-state index contributed by atoms with van der Waals surface area (Å²) in [7, 11) is 0. The molecular weight excluding hydrogens is 289 g/mol. The Morgan fingerprint density at radius 2 is 2.09 bits per heavy atom. The molecule has 0 atom stereocenters. The second-order valence-corrected chi connectivity index (χ2v) is 5.18. The van der Waals surface area contributed by atoms with Crippen molar-refractivity contribution in [3.63, 3.8) is 0 Å². The van der Waals surface area contributed by atoms with E-state index >= 15 is 0 Å². The number of nitrogens with one attached hydrogen (secondary N) is 1. The van der Waals surface area contributed by atoms with Crippen LogP contribution in [0.5, 0.6) is 0 Å². The van der Waals surface area contributed by atoms with Crippen LogP contribution in [0.2, 0.25) is 0 Å². The van der Waals surface area contributed by atoms with Gasteiger partial charge in [0.25, 0.3) is 0 Å². The van der Waals surface area contributed by atoms with E-state index in [9.17, 15) is 4.39 Å². The van der Waals surface area contributed by atoms with Crippen LogP contribution in [0.4, 0.5) is 4.39 Å². The van der Waals surface area contributed by atoms with Crippen LogP contribution in [-0.4, -0.2) is 15.2 Å². The minimum Gasteiger partial charge on any atom is -0.277 e. The van der Waals surface area contributed by atoms with Crippen molar-refractivity contribution < 1.29 is 4.39 Å². The Labute approximate surface area is 133 Å². The monoisotopic (exact) mass is 305 g/mol. The minimum atomic E-state index is -0.516. The highest BCUT2D eigenvalue weighted by Gasteiger charge is 2.10. The lowest BCUT2D eigenvalue weighted by Gasteiger charge is -2.04. The van der Waals surface area contributed by atoms with Crippen molar-refractivity contribution in [1.82, 2.24) is 15.2 Å². The van der Waals surface area contributed by atoms with Gasteiger partial charge in [0.05, 0.1) is 5.52 Å². The number of H-pyrrole nitrogens is 1. The standard InChI is InChI=1S/C19H16FN3/c1-3-5-13(4-2)10-14-6-7-17-16(11-14)19(23-22-17)15-8-9-21-18(20)12-15/h3-9,11-12H,1-2,10H2,(H,22,23). The van der Waals surface area contributed by atoms with Gasteiger partial charge in [-0.25, -0.2) is 4.98 Å². The summed E-state index contributed by atoms with van der Waals surface area (Å²) in [6.45, 7) is 7.53. The summed E-state index contributed by atoms with van der Waals surface area (Å²) in [6.07, 6.45) is 7.70. The predicted octanol–water partition coefficient (Wildman–Crippen LogP) is 4.60. The van der Waals surface area contributed by atoms with Crippen molar-refractivity contribution >= 4 is 10.9 Å². The molecule has 0 bridgehead atoms. The molecule has 3 rings (SSSR count). The Bertz CT molecular complexity index is 906. The van der Waals surface area contributed by atoms with Crippen LogP contribution < -0.4 is 0 Å². The van der Waals surface area contributed by atoms with Crippen molar-refractivity contribution in [2.45, 2.75) is 6.42 Å². The fourth-order valence-corrected chi connectivity index (χ4v) is 2.53. The van der Waals surface area contributed by atoms with Gasteiger partial charge in [0, 0.05) is 23.2 Å². The maximum absolute atomic E-state index is 13.4. The van der Waals surface area contributed by atoms with E-state index < -0.39 is 5.95 Å². The molecule has 0 saturated heterocycles. The number of aromatic amines is 1. The highest BCUT2D eigenvalue weighted by atomic mass is 19.1. The first kappa shape index (κ1) is 14.9. The van der Waals surface area contributed by atoms with E-state index in [1.54, 1.807) is 12.1 Å². The van der Waals surface area contributed by atoms with E-state index in [2.05, 4.69) is 34.4 Å². The molecule has 1 aromatic carbocycles. The highest BCUT2D eigenvalue weighted by molar-refractivity contribution is 5.93. The quantitative estimate of drug-likeness (QED) is 0.552. The summed E-state index contributed by atoms with van der Waals surface area (Å²) in [6, 6.07) is 9.21. The predicted molar refractivity (Wildman–Crippen MR) is 91.5 cm³/mol. The molecular formula is C19H16FN3. The summed E-state index contributed by atoms with van der Waals surface area (Å²) < 4.78 is 13.4. The van der Waals surface area contributed by atoms with Crippen molar-refractivity contribution in [2.75, 3.05) is 0 Å². The molecule has 2 aromatic heterocycles. The molecule has 0 aliphatic rings. The Morgan fingerprint density at radius 3 is 2.83 bits per heavy atom. The molecule has 3 aromatic rings. The molecule has 23 heavy (non-hydrogen) atoms. The number of rotatable bonds is 5. The van der Waals surface area contributed by atoms with Crippen molar-refractivity contribution in [1.29, 1.82) is 0 Å². The molecule has 0 aliphatic carbocycles. The second kappa shape index (κ2) is 6.40. The molecule has 4 heteroatoms. The van der Waals surface area contributed by atoms with Gasteiger partial charge >= 0.3 is 0 Å². The number of nitrogens with zero attached hydrogens (tertiary/aromatic N) is 2. The first-order valence-corrected chi connectivity index (χ1v) is 7.24. The number of hydrogen-bond acceptors (Lipinski definition) is 2. The second-order valence-electron chi connectivity index (χ2n) is 5.18. The SMILES string of the molecule is C=CC=C(C=C)Cc1ccc2[nH]nc(-c3ccnc(F)c3)c2c1. The molecule has 0 aliphatic heterocycles. The van der Waals surface area contributed by atoms with Gasteiger partial charge in [-0.2, -0.15) is 9.49 Å². The number of halogens is 1. The Kier molecular flexibility index (Phi) is 4.15. The zero-order valence-corrected chi connectivity index (χ0v) is 12.6. The lowest BCUT2D eigenvalue weighted by molar-refractivity contribution is 0.584. The molecule has 0 fully saturated rings.